The van der Waals surface area contributed by atoms with Crippen LogP contribution in [0.1, 0.15) is 27.2 Å². The fourth-order valence-electron chi connectivity index (χ4n) is 0.946. The van der Waals surface area contributed by atoms with Crippen molar-refractivity contribution in [2.45, 2.75) is 32.8 Å². The van der Waals surface area contributed by atoms with Crippen LogP contribution in [-0.4, -0.2) is 37.9 Å². The molecule has 0 saturated carbocycles. The van der Waals surface area contributed by atoms with Crippen LogP contribution in [0.2, 0.25) is 0 Å². The summed E-state index contributed by atoms with van der Waals surface area (Å²) in [4.78, 5) is 24.2. The van der Waals surface area contributed by atoms with Crippen LogP contribution in [-0.2, 0) is 9.53 Å². The highest BCUT2D eigenvalue weighted by Gasteiger charge is 2.21. The predicted molar refractivity (Wildman–Crippen MR) is 80.3 cm³/mol. The average Bonchev–Trinajstić information content (AvgIpc) is 2.08. The molecule has 0 fully saturated rings. The number of hydrogen-bond donors (Lipinski definition) is 0. The quantitative estimate of drug-likeness (QED) is 0.366. The summed E-state index contributed by atoms with van der Waals surface area (Å²) in [6.45, 7) is 6.53. The average molecular weight is 453 g/mol. The van der Waals surface area contributed by atoms with E-state index in [0.29, 0.717) is 19.5 Å². The highest BCUT2D eigenvalue weighted by Crippen LogP contribution is 2.11. The van der Waals surface area contributed by atoms with Crippen molar-refractivity contribution in [3.63, 3.8) is 0 Å². The zero-order valence-electron chi connectivity index (χ0n) is 9.76. The number of carbonyl (C=O) groups is 2. The first-order valence-electron chi connectivity index (χ1n) is 4.98. The second-order valence-corrected chi connectivity index (χ2v) is 6.54. The molecule has 0 atom stereocenters. The van der Waals surface area contributed by atoms with Crippen LogP contribution < -0.4 is 0 Å². The van der Waals surface area contributed by atoms with Gasteiger partial charge in [-0.25, -0.2) is 4.79 Å². The smallest absolute Gasteiger partial charge is 0.410 e. The Labute approximate surface area is 124 Å². The van der Waals surface area contributed by atoms with Gasteiger partial charge in [-0.3, -0.25) is 4.79 Å². The molecule has 16 heavy (non-hydrogen) atoms. The van der Waals surface area contributed by atoms with Crippen molar-refractivity contribution in [3.05, 3.63) is 0 Å². The minimum Gasteiger partial charge on any atom is -0.444 e. The van der Waals surface area contributed by atoms with Crippen molar-refractivity contribution in [2.75, 3.05) is 17.5 Å². The SMILES string of the molecule is CC(C)(C)OC(=O)N(CCI)CCC(=O)I. The molecule has 0 rings (SSSR count). The Balaban J connectivity index is 4.29. The van der Waals surface area contributed by atoms with E-state index in [1.54, 1.807) is 27.5 Å². The summed E-state index contributed by atoms with van der Waals surface area (Å²) in [6.07, 6.45) is 0.0259. The normalized spacial score (nSPS) is 11.1. The highest BCUT2D eigenvalue weighted by atomic mass is 127. The Morgan fingerprint density at radius 1 is 1.25 bits per heavy atom. The molecule has 0 heterocycles. The molecule has 0 aromatic heterocycles. The maximum Gasteiger partial charge on any atom is 0.410 e. The van der Waals surface area contributed by atoms with Gasteiger partial charge < -0.3 is 9.64 Å². The number of rotatable bonds is 5. The zero-order valence-corrected chi connectivity index (χ0v) is 14.1. The van der Waals surface area contributed by atoms with Crippen molar-refractivity contribution in [1.82, 2.24) is 4.90 Å². The summed E-state index contributed by atoms with van der Waals surface area (Å²) in [5.74, 6) is 0. The molecule has 0 spiro atoms. The lowest BCUT2D eigenvalue weighted by Gasteiger charge is -2.26. The van der Waals surface area contributed by atoms with Gasteiger partial charge in [-0.1, -0.05) is 22.6 Å². The fraction of sp³-hybridized carbons (Fsp3) is 0.800. The summed E-state index contributed by atoms with van der Waals surface area (Å²) in [5, 5.41) is 0. The molecule has 0 saturated heterocycles. The third-order valence-electron chi connectivity index (χ3n) is 1.58. The Hall–Kier alpha value is 0.400. The van der Waals surface area contributed by atoms with E-state index < -0.39 is 5.60 Å². The molecule has 94 valence electrons. The third-order valence-corrected chi connectivity index (χ3v) is 2.61. The number of nitrogens with zero attached hydrogens (tertiary/aromatic N) is 1. The van der Waals surface area contributed by atoms with Crippen molar-refractivity contribution in [2.24, 2.45) is 0 Å². The van der Waals surface area contributed by atoms with Gasteiger partial charge in [0.25, 0.3) is 0 Å². The van der Waals surface area contributed by atoms with Gasteiger partial charge in [-0.05, 0) is 43.4 Å². The molecule has 0 N–H and O–H groups in total. The first kappa shape index (κ1) is 16.4. The lowest BCUT2D eigenvalue weighted by atomic mass is 10.2. The summed E-state index contributed by atoms with van der Waals surface area (Å²) in [5.41, 5.74) is -0.491. The van der Waals surface area contributed by atoms with Crippen LogP contribution in [0.3, 0.4) is 0 Å². The highest BCUT2D eigenvalue weighted by molar-refractivity contribution is 14.1. The minimum atomic E-state index is -0.491. The molecule has 4 nitrogen and oxygen atoms in total. The summed E-state index contributed by atoms with van der Waals surface area (Å²) < 4.78 is 6.14. The van der Waals surface area contributed by atoms with Crippen molar-refractivity contribution >= 4 is 55.1 Å². The van der Waals surface area contributed by atoms with E-state index in [-0.39, 0.29) is 9.88 Å². The standard InChI is InChI=1S/C10H17I2NO3/c1-10(2,3)16-9(15)13(7-5-11)6-4-8(12)14/h4-7H2,1-3H3. The van der Waals surface area contributed by atoms with E-state index in [1.807, 2.05) is 20.8 Å². The molecule has 0 aliphatic heterocycles. The Morgan fingerprint density at radius 2 is 1.81 bits per heavy atom. The molecule has 0 unspecified atom stereocenters. The monoisotopic (exact) mass is 453 g/mol. The van der Waals surface area contributed by atoms with Crippen LogP contribution >= 0.6 is 45.2 Å². The zero-order chi connectivity index (χ0) is 12.8. The lowest BCUT2D eigenvalue weighted by molar-refractivity contribution is -0.109. The van der Waals surface area contributed by atoms with Crippen molar-refractivity contribution in [1.29, 1.82) is 0 Å². The van der Waals surface area contributed by atoms with Gasteiger partial charge in [0.1, 0.15) is 5.60 Å². The van der Waals surface area contributed by atoms with Crippen LogP contribution in [0, 0.1) is 0 Å². The first-order valence-corrected chi connectivity index (χ1v) is 7.59. The van der Waals surface area contributed by atoms with Gasteiger partial charge >= 0.3 is 6.09 Å². The van der Waals surface area contributed by atoms with E-state index in [1.165, 1.54) is 0 Å². The summed E-state index contributed by atoms with van der Waals surface area (Å²) in [7, 11) is 0. The molecular formula is C10H17I2NO3. The van der Waals surface area contributed by atoms with E-state index in [0.717, 1.165) is 4.43 Å². The predicted octanol–water partition coefficient (Wildman–Crippen LogP) is 3.01. The number of amides is 1. The summed E-state index contributed by atoms with van der Waals surface area (Å²) in [6, 6.07) is 0. The molecular weight excluding hydrogens is 436 g/mol. The van der Waals surface area contributed by atoms with E-state index in [2.05, 4.69) is 22.6 Å². The number of alkyl halides is 1. The largest absolute Gasteiger partial charge is 0.444 e. The van der Waals surface area contributed by atoms with Gasteiger partial charge in [0, 0.05) is 23.9 Å². The maximum absolute atomic E-state index is 11.7. The topological polar surface area (TPSA) is 46.6 Å². The molecule has 0 aromatic carbocycles. The van der Waals surface area contributed by atoms with Crippen LogP contribution in [0.25, 0.3) is 0 Å². The number of ether oxygens (including phenoxy) is 1. The van der Waals surface area contributed by atoms with Gasteiger partial charge in [-0.2, -0.15) is 0 Å². The Morgan fingerprint density at radius 3 is 2.19 bits per heavy atom. The maximum atomic E-state index is 11.7. The number of halogens is 2. The summed E-state index contributed by atoms with van der Waals surface area (Å²) >= 11 is 3.93. The van der Waals surface area contributed by atoms with Crippen molar-refractivity contribution in [3.8, 4) is 0 Å². The van der Waals surface area contributed by atoms with Gasteiger partial charge in [0.05, 0.1) is 0 Å². The Bertz CT molecular complexity index is 251. The second-order valence-electron chi connectivity index (χ2n) is 4.26. The molecule has 0 aromatic rings. The Kier molecular flexibility index (Phi) is 7.87. The molecule has 6 heteroatoms. The number of carbonyl (C=O) groups excluding carboxylic acids is 2. The molecule has 0 bridgehead atoms. The van der Waals surface area contributed by atoms with E-state index in [9.17, 15) is 9.59 Å². The van der Waals surface area contributed by atoms with Crippen LogP contribution in [0.4, 0.5) is 4.79 Å². The molecule has 0 aliphatic carbocycles. The molecule has 0 aliphatic rings. The molecule has 1 amide bonds. The van der Waals surface area contributed by atoms with Gasteiger partial charge in [0.15, 0.2) is 3.79 Å². The van der Waals surface area contributed by atoms with Crippen LogP contribution in [0.5, 0.6) is 0 Å². The van der Waals surface area contributed by atoms with E-state index in [4.69, 9.17) is 4.74 Å². The van der Waals surface area contributed by atoms with Crippen LogP contribution in [0.15, 0.2) is 0 Å². The number of hydrogen-bond acceptors (Lipinski definition) is 3. The second kappa shape index (κ2) is 7.67. The third kappa shape index (κ3) is 8.54. The lowest BCUT2D eigenvalue weighted by Crippen LogP contribution is -2.38. The first-order chi connectivity index (χ1) is 7.26. The van der Waals surface area contributed by atoms with E-state index >= 15 is 0 Å². The minimum absolute atomic E-state index is 0.0552. The van der Waals surface area contributed by atoms with Gasteiger partial charge in [0.2, 0.25) is 0 Å². The fourth-order valence-corrected chi connectivity index (χ4v) is 1.77. The van der Waals surface area contributed by atoms with Gasteiger partial charge in [-0.15, -0.1) is 0 Å². The van der Waals surface area contributed by atoms with Crippen molar-refractivity contribution < 1.29 is 14.3 Å². The molecule has 0 radical (unpaired) electrons.